The summed E-state index contributed by atoms with van der Waals surface area (Å²) in [5.74, 6) is -3.79. The molecule has 0 radical (unpaired) electrons. The molecule has 1 aliphatic carbocycles. The Morgan fingerprint density at radius 1 is 1.22 bits per heavy atom. The lowest BCUT2D eigenvalue weighted by Crippen LogP contribution is -2.49. The van der Waals surface area contributed by atoms with Gasteiger partial charge in [-0.15, -0.1) is 0 Å². The van der Waals surface area contributed by atoms with Crippen molar-refractivity contribution < 1.29 is 41.9 Å². The van der Waals surface area contributed by atoms with Gasteiger partial charge in [0.2, 0.25) is 11.7 Å². The minimum atomic E-state index is -4.80. The Kier molecular flexibility index (Phi) is 8.67. The molecule has 1 saturated carbocycles. The summed E-state index contributed by atoms with van der Waals surface area (Å²) >= 11 is 5.97. The Bertz CT molecular complexity index is 1090. The predicted octanol–water partition coefficient (Wildman–Crippen LogP) is 2.70. The van der Waals surface area contributed by atoms with Crippen LogP contribution in [0, 0.1) is 5.92 Å². The molecular formula is C23H26ClF3N4O6. The van der Waals surface area contributed by atoms with E-state index in [2.05, 4.69) is 26.0 Å². The van der Waals surface area contributed by atoms with E-state index in [1.54, 1.807) is 6.92 Å². The van der Waals surface area contributed by atoms with Crippen molar-refractivity contribution in [3.05, 3.63) is 28.8 Å². The van der Waals surface area contributed by atoms with Crippen LogP contribution in [-0.2, 0) is 19.1 Å². The van der Waals surface area contributed by atoms with E-state index < -0.39 is 47.9 Å². The molecule has 1 aromatic carbocycles. The Hall–Kier alpha value is -3.35. The van der Waals surface area contributed by atoms with Crippen LogP contribution in [0.5, 0.6) is 0 Å². The van der Waals surface area contributed by atoms with Gasteiger partial charge in [-0.05, 0) is 57.7 Å². The molecule has 2 unspecified atom stereocenters. The molecular weight excluding hydrogens is 521 g/mol. The number of Topliss-reactive ketones (excluding diaryl/α,β-unsaturated/α-hetero) is 1. The number of ether oxygens (including phenoxy) is 1. The molecule has 1 saturated heterocycles. The van der Waals surface area contributed by atoms with Crippen molar-refractivity contribution in [1.29, 1.82) is 0 Å². The minimum absolute atomic E-state index is 0.0473. The first-order valence-electron chi connectivity index (χ1n) is 11.5. The van der Waals surface area contributed by atoms with Crippen molar-refractivity contribution in [3.63, 3.8) is 0 Å². The average Bonchev–Trinajstić information content (AvgIpc) is 3.55. The van der Waals surface area contributed by atoms with E-state index in [1.165, 1.54) is 12.1 Å². The summed E-state index contributed by atoms with van der Waals surface area (Å²) in [5, 5.41) is 9.77. The van der Waals surface area contributed by atoms with E-state index in [-0.39, 0.29) is 40.7 Å². The molecule has 2 fully saturated rings. The number of rotatable bonds is 9. The summed E-state index contributed by atoms with van der Waals surface area (Å²) in [6.45, 7) is 2.41. The van der Waals surface area contributed by atoms with Crippen LogP contribution in [0.1, 0.15) is 49.9 Å². The highest BCUT2D eigenvalue weighted by atomic mass is 35.5. The topological polar surface area (TPSA) is 143 Å². The second kappa shape index (κ2) is 11.4. The fourth-order valence-corrected chi connectivity index (χ4v) is 3.90. The molecule has 4 amide bonds. The summed E-state index contributed by atoms with van der Waals surface area (Å²) in [7, 11) is 0. The minimum Gasteiger partial charge on any atom is -0.437 e. The third-order valence-corrected chi connectivity index (χ3v) is 6.12. The van der Waals surface area contributed by atoms with Crippen LogP contribution < -0.4 is 21.3 Å². The molecule has 202 valence electrons. The first kappa shape index (κ1) is 28.2. The molecule has 4 N–H and O–H groups in total. The zero-order chi connectivity index (χ0) is 27.5. The number of halogens is 4. The highest BCUT2D eigenvalue weighted by Gasteiger charge is 2.40. The largest absolute Gasteiger partial charge is 0.437 e. The van der Waals surface area contributed by atoms with Gasteiger partial charge >= 0.3 is 12.3 Å². The van der Waals surface area contributed by atoms with Crippen molar-refractivity contribution in [2.75, 3.05) is 5.32 Å². The van der Waals surface area contributed by atoms with Crippen LogP contribution in [0.25, 0.3) is 0 Å². The molecule has 0 bridgehead atoms. The van der Waals surface area contributed by atoms with Crippen LogP contribution in [0.15, 0.2) is 18.2 Å². The molecule has 10 nitrogen and oxygen atoms in total. The maximum atomic E-state index is 13.1. The maximum absolute atomic E-state index is 13.1. The number of nitrogens with one attached hydrogen (secondary N) is 4. The van der Waals surface area contributed by atoms with E-state index in [1.807, 2.05) is 0 Å². The number of carbonyl (C=O) groups is 5. The Morgan fingerprint density at radius 2 is 1.89 bits per heavy atom. The van der Waals surface area contributed by atoms with Gasteiger partial charge in [-0.25, -0.2) is 4.79 Å². The molecule has 14 heteroatoms. The third kappa shape index (κ3) is 7.81. The van der Waals surface area contributed by atoms with Gasteiger partial charge in [-0.2, -0.15) is 13.2 Å². The molecule has 1 heterocycles. The van der Waals surface area contributed by atoms with E-state index in [4.69, 9.17) is 11.6 Å². The first-order chi connectivity index (χ1) is 17.2. The maximum Gasteiger partial charge on any atom is 0.425 e. The molecule has 3 rings (SSSR count). The number of ketones is 1. The third-order valence-electron chi connectivity index (χ3n) is 5.88. The average molecular weight is 547 g/mol. The van der Waals surface area contributed by atoms with Crippen molar-refractivity contribution in [2.24, 2.45) is 5.92 Å². The van der Waals surface area contributed by atoms with E-state index in [0.717, 1.165) is 18.9 Å². The van der Waals surface area contributed by atoms with E-state index >= 15 is 0 Å². The molecule has 4 atom stereocenters. The predicted molar refractivity (Wildman–Crippen MR) is 125 cm³/mol. The van der Waals surface area contributed by atoms with Crippen molar-refractivity contribution in [3.8, 4) is 0 Å². The van der Waals surface area contributed by atoms with Gasteiger partial charge in [0.25, 0.3) is 11.8 Å². The zero-order valence-electron chi connectivity index (χ0n) is 19.9. The van der Waals surface area contributed by atoms with Gasteiger partial charge in [0.15, 0.2) is 6.10 Å². The second-order valence-electron chi connectivity index (χ2n) is 9.12. The SMILES string of the molecule is CC(OC(=O)Nc1ccc(Cl)cc1C(=O)NC(C[C@@H]1C[C@@H](C)NC1=O)C(=O)C(=O)NC1CC1)C(F)(F)F. The van der Waals surface area contributed by atoms with Gasteiger partial charge in [-0.1, -0.05) is 11.6 Å². The van der Waals surface area contributed by atoms with E-state index in [9.17, 15) is 37.1 Å². The smallest absolute Gasteiger partial charge is 0.425 e. The fraction of sp³-hybridized carbons (Fsp3) is 0.522. The van der Waals surface area contributed by atoms with Gasteiger partial charge in [-0.3, -0.25) is 24.5 Å². The van der Waals surface area contributed by atoms with Crippen molar-refractivity contribution >= 4 is 46.9 Å². The molecule has 0 aromatic heterocycles. The lowest BCUT2D eigenvalue weighted by atomic mass is 9.93. The monoisotopic (exact) mass is 546 g/mol. The van der Waals surface area contributed by atoms with Crippen molar-refractivity contribution in [2.45, 2.75) is 69.9 Å². The molecule has 37 heavy (non-hydrogen) atoms. The Morgan fingerprint density at radius 3 is 2.46 bits per heavy atom. The van der Waals surface area contributed by atoms with Gasteiger partial charge in [0.05, 0.1) is 17.3 Å². The highest BCUT2D eigenvalue weighted by Crippen LogP contribution is 2.26. The van der Waals surface area contributed by atoms with Gasteiger partial charge in [0.1, 0.15) is 0 Å². The quantitative estimate of drug-likeness (QED) is 0.351. The summed E-state index contributed by atoms with van der Waals surface area (Å²) in [6, 6.07) is 1.89. The lowest BCUT2D eigenvalue weighted by Gasteiger charge is -2.21. The number of alkyl halides is 3. The standard InChI is InChI=1S/C23H26ClF3N4O6/c1-10-7-12(19(33)28-10)8-17(18(32)21(35)29-14-4-5-14)30-20(34)15-9-13(24)3-6-16(15)31-22(36)37-11(2)23(25,26)27/h3,6,9-12,14,17H,4-5,7-8H2,1-2H3,(H,28,33)(H,29,35)(H,30,34)(H,31,36)/t10-,11?,12+,17?/m1/s1. The van der Waals surface area contributed by atoms with E-state index in [0.29, 0.717) is 13.3 Å². The summed E-state index contributed by atoms with van der Waals surface area (Å²) in [4.78, 5) is 62.7. The summed E-state index contributed by atoms with van der Waals surface area (Å²) in [5.41, 5.74) is -0.545. The van der Waals surface area contributed by atoms with Gasteiger partial charge in [0, 0.05) is 23.0 Å². The summed E-state index contributed by atoms with van der Waals surface area (Å²) < 4.78 is 42.4. The van der Waals surface area contributed by atoms with Crippen LogP contribution in [0.3, 0.4) is 0 Å². The highest BCUT2D eigenvalue weighted by molar-refractivity contribution is 6.38. The number of hydrogen-bond donors (Lipinski definition) is 4. The summed E-state index contributed by atoms with van der Waals surface area (Å²) in [6.07, 6.45) is -7.02. The molecule has 0 spiro atoms. The van der Waals surface area contributed by atoms with Gasteiger partial charge < -0.3 is 20.7 Å². The second-order valence-corrected chi connectivity index (χ2v) is 9.56. The molecule has 1 aromatic rings. The fourth-order valence-electron chi connectivity index (χ4n) is 3.73. The van der Waals surface area contributed by atoms with Crippen LogP contribution >= 0.6 is 11.6 Å². The number of benzene rings is 1. The number of carbonyl (C=O) groups excluding carboxylic acids is 5. The number of hydrogen-bond acceptors (Lipinski definition) is 6. The van der Waals surface area contributed by atoms with Crippen LogP contribution in [-0.4, -0.2) is 60.0 Å². The normalized spacial score (nSPS) is 20.9. The molecule has 1 aliphatic heterocycles. The number of anilines is 1. The Balaban J connectivity index is 1.79. The zero-order valence-corrected chi connectivity index (χ0v) is 20.7. The first-order valence-corrected chi connectivity index (χ1v) is 11.9. The lowest BCUT2D eigenvalue weighted by molar-refractivity contribution is -0.196. The van der Waals surface area contributed by atoms with Crippen molar-refractivity contribution in [1.82, 2.24) is 16.0 Å². The Labute approximate surface area is 215 Å². The molecule has 2 aliphatic rings. The van der Waals surface area contributed by atoms with Crippen LogP contribution in [0.4, 0.5) is 23.7 Å². The number of amides is 4. The van der Waals surface area contributed by atoms with Crippen LogP contribution in [0.2, 0.25) is 5.02 Å².